The smallest absolute Gasteiger partial charge is 0.272 e. The predicted molar refractivity (Wildman–Crippen MR) is 112 cm³/mol. The molecule has 1 aromatic heterocycles. The normalized spacial score (nSPS) is 16.4. The molecule has 2 heterocycles. The van der Waals surface area contributed by atoms with Crippen molar-refractivity contribution in [1.82, 2.24) is 20.4 Å². The lowest BCUT2D eigenvalue weighted by Crippen LogP contribution is -2.32. The molecule has 1 saturated heterocycles. The number of carbonyl (C=O) groups excluding carboxylic acids is 1. The summed E-state index contributed by atoms with van der Waals surface area (Å²) >= 11 is 0. The second-order valence-corrected chi connectivity index (χ2v) is 6.83. The maximum absolute atomic E-state index is 12.6. The van der Waals surface area contributed by atoms with E-state index in [1.54, 1.807) is 13.2 Å². The number of piperidine rings is 1. The number of aromatic nitrogens is 2. The lowest BCUT2D eigenvalue weighted by Gasteiger charge is -2.22. The SMILES string of the molecule is COc1ccc2ccccc2c1CNC(=O)c1ccn(C2CCCNC2)n1.Cl. The van der Waals surface area contributed by atoms with Crippen LogP contribution in [0, 0.1) is 0 Å². The highest BCUT2D eigenvalue weighted by atomic mass is 35.5. The van der Waals surface area contributed by atoms with Crippen molar-refractivity contribution < 1.29 is 9.53 Å². The Morgan fingerprint density at radius 2 is 2.14 bits per heavy atom. The monoisotopic (exact) mass is 400 g/mol. The van der Waals surface area contributed by atoms with E-state index in [1.807, 2.05) is 41.2 Å². The van der Waals surface area contributed by atoms with Gasteiger partial charge in [-0.05, 0) is 42.3 Å². The number of ether oxygens (including phenoxy) is 1. The van der Waals surface area contributed by atoms with E-state index in [0.717, 1.165) is 48.0 Å². The molecule has 1 fully saturated rings. The second kappa shape index (κ2) is 9.08. The van der Waals surface area contributed by atoms with Crippen LogP contribution in [-0.4, -0.2) is 35.9 Å². The van der Waals surface area contributed by atoms with Crippen molar-refractivity contribution in [2.45, 2.75) is 25.4 Å². The standard InChI is InChI=1S/C21H24N4O2.ClH/c1-27-20-9-8-15-5-2-3-7-17(15)18(20)14-23-21(26)19-10-12-25(24-19)16-6-4-11-22-13-16;/h2-3,5,7-10,12,16,22H,4,6,11,13-14H2,1H3,(H,23,26);1H. The third-order valence-corrected chi connectivity index (χ3v) is 5.13. The molecule has 3 aromatic rings. The van der Waals surface area contributed by atoms with E-state index in [0.29, 0.717) is 18.3 Å². The Kier molecular flexibility index (Phi) is 6.54. The number of methoxy groups -OCH3 is 1. The lowest BCUT2D eigenvalue weighted by molar-refractivity contribution is 0.0944. The summed E-state index contributed by atoms with van der Waals surface area (Å²) in [6.07, 6.45) is 4.11. The molecule has 6 nitrogen and oxygen atoms in total. The van der Waals surface area contributed by atoms with Crippen molar-refractivity contribution in [3.8, 4) is 5.75 Å². The van der Waals surface area contributed by atoms with Crippen molar-refractivity contribution in [2.75, 3.05) is 20.2 Å². The molecule has 1 aliphatic rings. The van der Waals surface area contributed by atoms with E-state index >= 15 is 0 Å². The Balaban J connectivity index is 0.00000225. The molecule has 0 bridgehead atoms. The number of nitrogens with one attached hydrogen (secondary N) is 2. The van der Waals surface area contributed by atoms with Gasteiger partial charge in [0.2, 0.25) is 0 Å². The zero-order valence-electron chi connectivity index (χ0n) is 15.9. The minimum absolute atomic E-state index is 0. The summed E-state index contributed by atoms with van der Waals surface area (Å²) in [5, 5.41) is 13.0. The fourth-order valence-electron chi connectivity index (χ4n) is 3.67. The molecule has 1 aliphatic heterocycles. The largest absolute Gasteiger partial charge is 0.496 e. The van der Waals surface area contributed by atoms with E-state index in [9.17, 15) is 4.79 Å². The van der Waals surface area contributed by atoms with E-state index in [4.69, 9.17) is 4.74 Å². The van der Waals surface area contributed by atoms with Crippen LogP contribution in [0.4, 0.5) is 0 Å². The van der Waals surface area contributed by atoms with Gasteiger partial charge in [0.15, 0.2) is 0 Å². The van der Waals surface area contributed by atoms with Crippen LogP contribution in [0.2, 0.25) is 0 Å². The topological polar surface area (TPSA) is 68.2 Å². The van der Waals surface area contributed by atoms with Crippen molar-refractivity contribution in [3.63, 3.8) is 0 Å². The molecule has 1 amide bonds. The third kappa shape index (κ3) is 4.13. The van der Waals surface area contributed by atoms with E-state index in [1.165, 1.54) is 0 Å². The van der Waals surface area contributed by atoms with E-state index in [-0.39, 0.29) is 18.3 Å². The van der Waals surface area contributed by atoms with Crippen molar-refractivity contribution in [1.29, 1.82) is 0 Å². The van der Waals surface area contributed by atoms with Crippen LogP contribution in [0.25, 0.3) is 10.8 Å². The van der Waals surface area contributed by atoms with Gasteiger partial charge in [-0.3, -0.25) is 9.48 Å². The zero-order valence-corrected chi connectivity index (χ0v) is 16.7. The van der Waals surface area contributed by atoms with E-state index in [2.05, 4.69) is 21.8 Å². The maximum Gasteiger partial charge on any atom is 0.272 e. The molecule has 148 valence electrons. The van der Waals surface area contributed by atoms with Crippen LogP contribution in [0.1, 0.15) is 34.9 Å². The van der Waals surface area contributed by atoms with Gasteiger partial charge in [-0.15, -0.1) is 12.4 Å². The Morgan fingerprint density at radius 1 is 1.29 bits per heavy atom. The highest BCUT2D eigenvalue weighted by Gasteiger charge is 2.18. The van der Waals surface area contributed by atoms with Gasteiger partial charge in [-0.2, -0.15) is 5.10 Å². The van der Waals surface area contributed by atoms with Crippen molar-refractivity contribution >= 4 is 29.1 Å². The maximum atomic E-state index is 12.6. The van der Waals surface area contributed by atoms with Crippen LogP contribution in [-0.2, 0) is 6.54 Å². The molecular formula is C21H25ClN4O2. The Bertz CT molecular complexity index is 950. The minimum Gasteiger partial charge on any atom is -0.496 e. The molecule has 1 unspecified atom stereocenters. The number of halogens is 1. The third-order valence-electron chi connectivity index (χ3n) is 5.13. The molecule has 2 aromatic carbocycles. The van der Waals surface area contributed by atoms with Gasteiger partial charge in [0.25, 0.3) is 5.91 Å². The van der Waals surface area contributed by atoms with Gasteiger partial charge in [0, 0.05) is 24.8 Å². The zero-order chi connectivity index (χ0) is 18.6. The summed E-state index contributed by atoms with van der Waals surface area (Å²) in [6, 6.07) is 14.2. The molecule has 0 spiro atoms. The van der Waals surface area contributed by atoms with Crippen LogP contribution in [0.5, 0.6) is 5.75 Å². The number of hydrogen-bond donors (Lipinski definition) is 2. The quantitative estimate of drug-likeness (QED) is 0.689. The Hall–Kier alpha value is -2.57. The summed E-state index contributed by atoms with van der Waals surface area (Å²) in [4.78, 5) is 12.6. The molecular weight excluding hydrogens is 376 g/mol. The summed E-state index contributed by atoms with van der Waals surface area (Å²) < 4.78 is 7.40. The van der Waals surface area contributed by atoms with Gasteiger partial charge in [-0.1, -0.05) is 30.3 Å². The summed E-state index contributed by atoms with van der Waals surface area (Å²) in [5.74, 6) is 0.598. The fourth-order valence-corrected chi connectivity index (χ4v) is 3.67. The Labute approximate surface area is 170 Å². The molecule has 1 atom stereocenters. The van der Waals surface area contributed by atoms with Gasteiger partial charge < -0.3 is 15.4 Å². The number of benzene rings is 2. The first-order chi connectivity index (χ1) is 13.3. The van der Waals surface area contributed by atoms with Gasteiger partial charge in [-0.25, -0.2) is 0 Å². The highest BCUT2D eigenvalue weighted by Crippen LogP contribution is 2.27. The number of fused-ring (bicyclic) bond motifs is 1. The molecule has 0 radical (unpaired) electrons. The molecule has 0 aliphatic carbocycles. The van der Waals surface area contributed by atoms with E-state index < -0.39 is 0 Å². The van der Waals surface area contributed by atoms with Crippen LogP contribution in [0.15, 0.2) is 48.7 Å². The number of rotatable bonds is 5. The first kappa shape index (κ1) is 20.2. The summed E-state index contributed by atoms with van der Waals surface area (Å²) in [5.41, 5.74) is 1.42. The van der Waals surface area contributed by atoms with Gasteiger partial charge in [0.05, 0.1) is 13.2 Å². The number of carbonyl (C=O) groups is 1. The van der Waals surface area contributed by atoms with Crippen molar-refractivity contribution in [3.05, 3.63) is 59.9 Å². The van der Waals surface area contributed by atoms with Gasteiger partial charge >= 0.3 is 0 Å². The summed E-state index contributed by atoms with van der Waals surface area (Å²) in [7, 11) is 1.65. The molecule has 7 heteroatoms. The molecule has 28 heavy (non-hydrogen) atoms. The highest BCUT2D eigenvalue weighted by molar-refractivity contribution is 5.93. The molecule has 4 rings (SSSR count). The molecule has 0 saturated carbocycles. The first-order valence-electron chi connectivity index (χ1n) is 9.35. The average Bonchev–Trinajstić information content (AvgIpc) is 3.22. The number of hydrogen-bond acceptors (Lipinski definition) is 4. The Morgan fingerprint density at radius 3 is 2.93 bits per heavy atom. The predicted octanol–water partition coefficient (Wildman–Crippen LogP) is 3.32. The lowest BCUT2D eigenvalue weighted by atomic mass is 10.0. The van der Waals surface area contributed by atoms with Crippen LogP contribution in [0.3, 0.4) is 0 Å². The number of amides is 1. The van der Waals surface area contributed by atoms with Crippen molar-refractivity contribution in [2.24, 2.45) is 0 Å². The molecule has 2 N–H and O–H groups in total. The second-order valence-electron chi connectivity index (χ2n) is 6.83. The minimum atomic E-state index is -0.174. The summed E-state index contributed by atoms with van der Waals surface area (Å²) in [6.45, 7) is 2.34. The number of nitrogens with zero attached hydrogens (tertiary/aromatic N) is 2. The first-order valence-corrected chi connectivity index (χ1v) is 9.35. The average molecular weight is 401 g/mol. The van der Waals surface area contributed by atoms with Crippen LogP contribution >= 0.6 is 12.4 Å². The fraction of sp³-hybridized carbons (Fsp3) is 0.333. The van der Waals surface area contributed by atoms with Crippen LogP contribution < -0.4 is 15.4 Å². The van der Waals surface area contributed by atoms with Gasteiger partial charge in [0.1, 0.15) is 11.4 Å².